The molecule has 0 radical (unpaired) electrons. The second-order valence-corrected chi connectivity index (χ2v) is 4.20. The number of amides is 2. The van der Waals surface area contributed by atoms with E-state index in [1.165, 1.54) is 0 Å². The quantitative estimate of drug-likeness (QED) is 0.368. The van der Waals surface area contributed by atoms with E-state index in [4.69, 9.17) is 22.4 Å². The fraction of sp³-hybridized carbons (Fsp3) is 0.200. The fourth-order valence-corrected chi connectivity index (χ4v) is 1.55. The number of aromatic nitrogens is 1. The Balaban J connectivity index is 3.07. The number of primary amides is 1. The molecule has 2 amide bonds. The minimum atomic E-state index is -1.61. The smallest absolute Gasteiger partial charge is 0.326 e. The zero-order valence-electron chi connectivity index (χ0n) is 10.3. The van der Waals surface area contributed by atoms with Crippen LogP contribution in [0.25, 0.3) is 0 Å². The molecule has 0 aliphatic carbocycles. The molecule has 0 aliphatic rings. The number of hydrogen-bond donors (Lipinski definition) is 3. The van der Waals surface area contributed by atoms with E-state index in [-0.39, 0.29) is 5.15 Å². The molecule has 10 nitrogen and oxygen atoms in total. The molecule has 0 saturated carbocycles. The molecule has 4 N–H and O–H groups in total. The molecule has 0 saturated heterocycles. The van der Waals surface area contributed by atoms with Crippen LogP contribution in [-0.4, -0.2) is 38.8 Å². The summed E-state index contributed by atoms with van der Waals surface area (Å²) in [5.74, 6) is -3.55. The molecule has 0 bridgehead atoms. The van der Waals surface area contributed by atoms with Gasteiger partial charge in [0.15, 0.2) is 0 Å². The fourth-order valence-electron chi connectivity index (χ4n) is 1.39. The van der Waals surface area contributed by atoms with E-state index in [1.807, 2.05) is 5.32 Å². The Morgan fingerprint density at radius 1 is 1.52 bits per heavy atom. The van der Waals surface area contributed by atoms with Crippen molar-refractivity contribution in [2.45, 2.75) is 12.5 Å². The first-order chi connectivity index (χ1) is 9.72. The Kier molecular flexibility index (Phi) is 5.13. The van der Waals surface area contributed by atoms with Crippen LogP contribution < -0.4 is 11.1 Å². The van der Waals surface area contributed by atoms with Gasteiger partial charge in [0.05, 0.1) is 11.3 Å². The number of carbonyl (C=O) groups excluding carboxylic acids is 2. The van der Waals surface area contributed by atoms with E-state index < -0.39 is 46.4 Å². The minimum Gasteiger partial charge on any atom is -0.480 e. The summed E-state index contributed by atoms with van der Waals surface area (Å²) in [6.07, 6.45) is 0.106. The average molecular weight is 317 g/mol. The van der Waals surface area contributed by atoms with Gasteiger partial charge in [0.25, 0.3) is 11.6 Å². The predicted octanol–water partition coefficient (Wildman–Crippen LogP) is -0.298. The van der Waals surface area contributed by atoms with Crippen LogP contribution in [0.4, 0.5) is 5.69 Å². The van der Waals surface area contributed by atoms with Gasteiger partial charge in [-0.3, -0.25) is 19.7 Å². The molecule has 0 unspecified atom stereocenters. The van der Waals surface area contributed by atoms with Crippen LogP contribution in [0.3, 0.4) is 0 Å². The normalized spacial score (nSPS) is 11.5. The van der Waals surface area contributed by atoms with Crippen LogP contribution in [-0.2, 0) is 9.59 Å². The van der Waals surface area contributed by atoms with Gasteiger partial charge in [-0.1, -0.05) is 11.6 Å². The molecule has 112 valence electrons. The lowest BCUT2D eigenvalue weighted by Crippen LogP contribution is -2.43. The molecule has 0 aliphatic heterocycles. The number of carboxylic acid groups (broad SMARTS) is 1. The van der Waals surface area contributed by atoms with Crippen molar-refractivity contribution in [2.75, 3.05) is 0 Å². The maximum Gasteiger partial charge on any atom is 0.326 e. The van der Waals surface area contributed by atoms with Crippen LogP contribution in [0.2, 0.25) is 5.15 Å². The Morgan fingerprint density at radius 3 is 2.62 bits per heavy atom. The largest absolute Gasteiger partial charge is 0.480 e. The number of hydrogen-bond acceptors (Lipinski definition) is 6. The number of nitrogens with one attached hydrogen (secondary N) is 1. The van der Waals surface area contributed by atoms with Gasteiger partial charge in [-0.25, -0.2) is 9.78 Å². The Morgan fingerprint density at radius 2 is 2.14 bits per heavy atom. The molecule has 21 heavy (non-hydrogen) atoms. The maximum absolute atomic E-state index is 11.9. The highest BCUT2D eigenvalue weighted by atomic mass is 35.5. The molecule has 11 heteroatoms. The molecule has 1 atom stereocenters. The Hall–Kier alpha value is -2.75. The zero-order valence-corrected chi connectivity index (χ0v) is 11.0. The highest BCUT2D eigenvalue weighted by Crippen LogP contribution is 2.20. The van der Waals surface area contributed by atoms with Gasteiger partial charge in [-0.2, -0.15) is 0 Å². The first-order valence-corrected chi connectivity index (χ1v) is 5.72. The van der Waals surface area contributed by atoms with Gasteiger partial charge in [-0.15, -0.1) is 0 Å². The molecular formula is C10H9ClN4O6. The van der Waals surface area contributed by atoms with Crippen LogP contribution in [0, 0.1) is 10.1 Å². The summed E-state index contributed by atoms with van der Waals surface area (Å²) in [6.45, 7) is 0. The number of nitro groups is 1. The summed E-state index contributed by atoms with van der Waals surface area (Å²) in [7, 11) is 0. The van der Waals surface area contributed by atoms with Crippen molar-refractivity contribution in [1.82, 2.24) is 10.3 Å². The van der Waals surface area contributed by atoms with Gasteiger partial charge in [-0.05, 0) is 6.07 Å². The Bertz CT molecular complexity index is 620. The van der Waals surface area contributed by atoms with Crippen molar-refractivity contribution in [3.63, 3.8) is 0 Å². The number of nitrogens with two attached hydrogens (primary N) is 1. The number of pyridine rings is 1. The van der Waals surface area contributed by atoms with Crippen LogP contribution in [0.15, 0.2) is 12.3 Å². The molecule has 1 aromatic heterocycles. The molecule has 1 heterocycles. The third kappa shape index (κ3) is 4.38. The highest BCUT2D eigenvalue weighted by molar-refractivity contribution is 6.29. The summed E-state index contributed by atoms with van der Waals surface area (Å²) in [6, 6.07) is -0.695. The number of halogens is 1. The SMILES string of the molecule is NC(=O)C[C@H](NC(=O)c1cc(Cl)ncc1[N+](=O)[O-])C(=O)O. The molecule has 0 aromatic carbocycles. The summed E-state index contributed by atoms with van der Waals surface area (Å²) in [4.78, 5) is 46.9. The van der Waals surface area contributed by atoms with Gasteiger partial charge in [0, 0.05) is 0 Å². The molecule has 0 spiro atoms. The zero-order chi connectivity index (χ0) is 16.2. The lowest BCUT2D eigenvalue weighted by atomic mass is 10.1. The van der Waals surface area contributed by atoms with Crippen molar-refractivity contribution in [3.05, 3.63) is 33.1 Å². The van der Waals surface area contributed by atoms with Crippen molar-refractivity contribution in [2.24, 2.45) is 5.73 Å². The molecule has 1 aromatic rings. The molecular weight excluding hydrogens is 308 g/mol. The molecule has 1 rings (SSSR count). The lowest BCUT2D eigenvalue weighted by Gasteiger charge is -2.12. The maximum atomic E-state index is 11.9. The van der Waals surface area contributed by atoms with E-state index in [2.05, 4.69) is 4.98 Å². The van der Waals surface area contributed by atoms with Crippen molar-refractivity contribution < 1.29 is 24.4 Å². The minimum absolute atomic E-state index is 0.187. The number of nitrogens with zero attached hydrogens (tertiary/aromatic N) is 2. The summed E-state index contributed by atoms with van der Waals surface area (Å²) >= 11 is 5.54. The topological polar surface area (TPSA) is 166 Å². The van der Waals surface area contributed by atoms with Gasteiger partial charge >= 0.3 is 5.97 Å². The number of aliphatic carboxylic acids is 1. The first kappa shape index (κ1) is 16.3. The van der Waals surface area contributed by atoms with Gasteiger partial charge in [0.2, 0.25) is 5.91 Å². The number of carbonyl (C=O) groups is 3. The van der Waals surface area contributed by atoms with Crippen molar-refractivity contribution in [3.8, 4) is 0 Å². The summed E-state index contributed by atoms with van der Waals surface area (Å²) in [5, 5.41) is 21.4. The second-order valence-electron chi connectivity index (χ2n) is 3.82. The van der Waals surface area contributed by atoms with Crippen molar-refractivity contribution >= 4 is 35.1 Å². The van der Waals surface area contributed by atoms with Crippen LogP contribution in [0.5, 0.6) is 0 Å². The average Bonchev–Trinajstić information content (AvgIpc) is 2.36. The number of carboxylic acids is 1. The lowest BCUT2D eigenvalue weighted by molar-refractivity contribution is -0.385. The van der Waals surface area contributed by atoms with E-state index in [0.717, 1.165) is 12.3 Å². The number of rotatable bonds is 6. The van der Waals surface area contributed by atoms with Crippen LogP contribution >= 0.6 is 11.6 Å². The Labute approximate surface area is 122 Å². The van der Waals surface area contributed by atoms with Gasteiger partial charge in [0.1, 0.15) is 23.0 Å². The van der Waals surface area contributed by atoms with Gasteiger partial charge < -0.3 is 16.2 Å². The third-order valence-electron chi connectivity index (χ3n) is 2.30. The molecule has 0 fully saturated rings. The third-order valence-corrected chi connectivity index (χ3v) is 2.51. The predicted molar refractivity (Wildman–Crippen MR) is 68.6 cm³/mol. The van der Waals surface area contributed by atoms with E-state index in [0.29, 0.717) is 0 Å². The summed E-state index contributed by atoms with van der Waals surface area (Å²) < 4.78 is 0. The van der Waals surface area contributed by atoms with Crippen molar-refractivity contribution in [1.29, 1.82) is 0 Å². The van der Waals surface area contributed by atoms with E-state index >= 15 is 0 Å². The standard InChI is InChI=1S/C10H9ClN4O6/c11-7-1-4(6(3-13-7)15(20)21)9(17)14-5(10(18)19)2-8(12)16/h1,3,5H,2H2,(H2,12,16)(H,14,17)(H,18,19)/t5-/m0/s1. The second kappa shape index (κ2) is 6.61. The van der Waals surface area contributed by atoms with E-state index in [9.17, 15) is 24.5 Å². The highest BCUT2D eigenvalue weighted by Gasteiger charge is 2.27. The van der Waals surface area contributed by atoms with E-state index in [1.54, 1.807) is 0 Å². The monoisotopic (exact) mass is 316 g/mol. The first-order valence-electron chi connectivity index (χ1n) is 5.34. The summed E-state index contributed by atoms with van der Waals surface area (Å²) in [5.41, 5.74) is 3.73. The van der Waals surface area contributed by atoms with Crippen LogP contribution in [0.1, 0.15) is 16.8 Å².